The van der Waals surface area contributed by atoms with Crippen LogP contribution in [0.25, 0.3) is 0 Å². The van der Waals surface area contributed by atoms with E-state index in [2.05, 4.69) is 37.8 Å². The summed E-state index contributed by atoms with van der Waals surface area (Å²) in [5.41, 5.74) is 7.90. The topological polar surface area (TPSA) is 38.5 Å². The van der Waals surface area contributed by atoms with Gasteiger partial charge < -0.3 is 10.5 Å². The van der Waals surface area contributed by atoms with Gasteiger partial charge in [-0.3, -0.25) is 4.90 Å². The maximum atomic E-state index is 5.83. The molecule has 0 unspecified atom stereocenters. The molecule has 3 heteroatoms. The molecule has 1 aromatic carbocycles. The van der Waals surface area contributed by atoms with E-state index in [0.717, 1.165) is 38.2 Å². The van der Waals surface area contributed by atoms with Crippen molar-refractivity contribution in [2.75, 3.05) is 25.9 Å². The molecule has 0 aliphatic rings. The van der Waals surface area contributed by atoms with Crippen LogP contribution in [0.4, 0.5) is 5.69 Å². The number of anilines is 1. The molecule has 0 heterocycles. The Kier molecular flexibility index (Phi) is 6.32. The molecule has 0 spiro atoms. The summed E-state index contributed by atoms with van der Waals surface area (Å²) in [5.74, 6) is 0. The summed E-state index contributed by atoms with van der Waals surface area (Å²) in [5, 5.41) is 0. The van der Waals surface area contributed by atoms with Crippen LogP contribution in [0.1, 0.15) is 39.2 Å². The maximum absolute atomic E-state index is 5.83. The van der Waals surface area contributed by atoms with Gasteiger partial charge in [0.2, 0.25) is 0 Å². The van der Waals surface area contributed by atoms with E-state index >= 15 is 0 Å². The average molecular weight is 264 g/mol. The van der Waals surface area contributed by atoms with E-state index in [4.69, 9.17) is 10.5 Å². The second kappa shape index (κ2) is 7.51. The van der Waals surface area contributed by atoms with Gasteiger partial charge in [-0.05, 0) is 50.9 Å². The Morgan fingerprint density at radius 1 is 1.26 bits per heavy atom. The highest BCUT2D eigenvalue weighted by molar-refractivity contribution is 5.40. The van der Waals surface area contributed by atoms with Gasteiger partial charge in [0.1, 0.15) is 0 Å². The van der Waals surface area contributed by atoms with Crippen molar-refractivity contribution in [3.8, 4) is 0 Å². The first-order chi connectivity index (χ1) is 8.96. The second-order valence-corrected chi connectivity index (χ2v) is 5.74. The first-order valence-electron chi connectivity index (χ1n) is 7.09. The Bertz CT molecular complexity index is 377. The fraction of sp³-hybridized carbons (Fsp3) is 0.625. The largest absolute Gasteiger partial charge is 0.399 e. The molecule has 2 N–H and O–H groups in total. The number of rotatable bonds is 8. The van der Waals surface area contributed by atoms with Gasteiger partial charge in [0.15, 0.2) is 0 Å². The van der Waals surface area contributed by atoms with Crippen molar-refractivity contribution in [1.29, 1.82) is 0 Å². The normalized spacial score (nSPS) is 12.1. The Balaban J connectivity index is 2.57. The highest BCUT2D eigenvalue weighted by Gasteiger charge is 2.17. The lowest BCUT2D eigenvalue weighted by atomic mass is 10.0. The Morgan fingerprint density at radius 2 is 2.00 bits per heavy atom. The third kappa shape index (κ3) is 6.08. The van der Waals surface area contributed by atoms with Gasteiger partial charge in [-0.15, -0.1) is 0 Å². The van der Waals surface area contributed by atoms with E-state index in [-0.39, 0.29) is 5.60 Å². The van der Waals surface area contributed by atoms with E-state index in [0.29, 0.717) is 0 Å². The summed E-state index contributed by atoms with van der Waals surface area (Å²) in [6.45, 7) is 9.60. The number of hydrogen-bond donors (Lipinski definition) is 1. The van der Waals surface area contributed by atoms with E-state index < -0.39 is 0 Å². The number of hydrogen-bond acceptors (Lipinski definition) is 3. The summed E-state index contributed by atoms with van der Waals surface area (Å²) in [4.78, 5) is 2.47. The minimum Gasteiger partial charge on any atom is -0.399 e. The number of benzene rings is 1. The number of nitrogen functional groups attached to an aromatic ring is 1. The number of nitrogens with zero attached hydrogens (tertiary/aromatic N) is 1. The van der Waals surface area contributed by atoms with Crippen LogP contribution in [0.15, 0.2) is 24.3 Å². The second-order valence-electron chi connectivity index (χ2n) is 5.74. The van der Waals surface area contributed by atoms with Crippen molar-refractivity contribution >= 4 is 5.69 Å². The minimum atomic E-state index is -0.0539. The molecule has 1 aromatic rings. The van der Waals surface area contributed by atoms with Crippen LogP contribution in [0, 0.1) is 0 Å². The predicted molar refractivity (Wildman–Crippen MR) is 82.1 cm³/mol. The zero-order chi connectivity index (χ0) is 14.3. The smallest absolute Gasteiger partial charge is 0.0634 e. The number of methoxy groups -OCH3 is 1. The fourth-order valence-electron chi connectivity index (χ4n) is 2.07. The number of nitrogens with two attached hydrogens (primary N) is 1. The molecule has 3 nitrogen and oxygen atoms in total. The van der Waals surface area contributed by atoms with E-state index in [1.54, 1.807) is 7.11 Å². The number of ether oxygens (including phenoxy) is 1. The molecule has 0 saturated heterocycles. The molecule has 1 rings (SSSR count). The van der Waals surface area contributed by atoms with Crippen molar-refractivity contribution < 1.29 is 4.74 Å². The predicted octanol–water partition coefficient (Wildman–Crippen LogP) is 3.30. The summed E-state index contributed by atoms with van der Waals surface area (Å²) >= 11 is 0. The van der Waals surface area contributed by atoms with Crippen molar-refractivity contribution in [1.82, 2.24) is 4.90 Å². The average Bonchev–Trinajstić information content (AvgIpc) is 2.36. The van der Waals surface area contributed by atoms with Gasteiger partial charge in [-0.1, -0.05) is 19.1 Å². The van der Waals surface area contributed by atoms with Gasteiger partial charge in [0, 0.05) is 25.9 Å². The lowest BCUT2D eigenvalue weighted by Crippen LogP contribution is -2.32. The molecule has 0 fully saturated rings. The zero-order valence-corrected chi connectivity index (χ0v) is 12.8. The van der Waals surface area contributed by atoms with Crippen LogP contribution < -0.4 is 5.73 Å². The van der Waals surface area contributed by atoms with Crippen LogP contribution in [-0.2, 0) is 11.3 Å². The standard InChI is InChI=1S/C16H28N2O/c1-5-10-18(11-9-16(2,3)19-4)13-14-7-6-8-15(17)12-14/h6-8,12H,5,9-11,13,17H2,1-4H3. The maximum Gasteiger partial charge on any atom is 0.0634 e. The van der Waals surface area contributed by atoms with Crippen LogP contribution in [0.3, 0.4) is 0 Å². The summed E-state index contributed by atoms with van der Waals surface area (Å²) in [6.07, 6.45) is 2.20. The Morgan fingerprint density at radius 3 is 2.58 bits per heavy atom. The van der Waals surface area contributed by atoms with Gasteiger partial charge >= 0.3 is 0 Å². The fourth-order valence-corrected chi connectivity index (χ4v) is 2.07. The molecule has 0 aliphatic carbocycles. The van der Waals surface area contributed by atoms with Gasteiger partial charge in [-0.2, -0.15) is 0 Å². The summed E-state index contributed by atoms with van der Waals surface area (Å²) in [6, 6.07) is 8.15. The Labute approximate surface area is 117 Å². The molecule has 0 radical (unpaired) electrons. The summed E-state index contributed by atoms with van der Waals surface area (Å²) in [7, 11) is 1.78. The SMILES string of the molecule is CCCN(CCC(C)(C)OC)Cc1cccc(N)c1. The van der Waals surface area contributed by atoms with Crippen molar-refractivity contribution in [3.63, 3.8) is 0 Å². The lowest BCUT2D eigenvalue weighted by Gasteiger charge is -2.28. The van der Waals surface area contributed by atoms with E-state index in [1.807, 2.05) is 12.1 Å². The molecule has 19 heavy (non-hydrogen) atoms. The first kappa shape index (κ1) is 16.0. The first-order valence-corrected chi connectivity index (χ1v) is 7.09. The lowest BCUT2D eigenvalue weighted by molar-refractivity contribution is 0.00678. The molecule has 0 aliphatic heterocycles. The highest BCUT2D eigenvalue weighted by Crippen LogP contribution is 2.16. The van der Waals surface area contributed by atoms with Gasteiger partial charge in [0.25, 0.3) is 0 Å². The molecule has 0 amide bonds. The molecule has 108 valence electrons. The van der Waals surface area contributed by atoms with Gasteiger partial charge in [-0.25, -0.2) is 0 Å². The Hall–Kier alpha value is -1.06. The van der Waals surface area contributed by atoms with Crippen LogP contribution in [0.2, 0.25) is 0 Å². The van der Waals surface area contributed by atoms with Crippen LogP contribution >= 0.6 is 0 Å². The minimum absolute atomic E-state index is 0.0539. The van der Waals surface area contributed by atoms with Crippen molar-refractivity contribution in [3.05, 3.63) is 29.8 Å². The molecule has 0 atom stereocenters. The molecular formula is C16H28N2O. The van der Waals surface area contributed by atoms with E-state index in [1.165, 1.54) is 5.56 Å². The van der Waals surface area contributed by atoms with Crippen LogP contribution in [-0.4, -0.2) is 30.7 Å². The quantitative estimate of drug-likeness (QED) is 0.732. The van der Waals surface area contributed by atoms with E-state index in [9.17, 15) is 0 Å². The highest BCUT2D eigenvalue weighted by atomic mass is 16.5. The summed E-state index contributed by atoms with van der Waals surface area (Å²) < 4.78 is 5.49. The van der Waals surface area contributed by atoms with Gasteiger partial charge in [0.05, 0.1) is 5.60 Å². The molecular weight excluding hydrogens is 236 g/mol. The van der Waals surface area contributed by atoms with Crippen molar-refractivity contribution in [2.24, 2.45) is 0 Å². The van der Waals surface area contributed by atoms with Crippen LogP contribution in [0.5, 0.6) is 0 Å². The molecule has 0 bridgehead atoms. The monoisotopic (exact) mass is 264 g/mol. The molecule has 0 saturated carbocycles. The zero-order valence-electron chi connectivity index (χ0n) is 12.8. The molecule has 0 aromatic heterocycles. The van der Waals surface area contributed by atoms with Crippen molar-refractivity contribution in [2.45, 2.75) is 45.8 Å². The third-order valence-corrected chi connectivity index (χ3v) is 3.48. The third-order valence-electron chi connectivity index (χ3n) is 3.48.